The summed E-state index contributed by atoms with van der Waals surface area (Å²) < 4.78 is 0. The Hall–Kier alpha value is -1.35. The van der Waals surface area contributed by atoms with Gasteiger partial charge in [0.2, 0.25) is 5.91 Å². The predicted molar refractivity (Wildman–Crippen MR) is 74.8 cm³/mol. The van der Waals surface area contributed by atoms with E-state index in [4.69, 9.17) is 0 Å². The summed E-state index contributed by atoms with van der Waals surface area (Å²) in [5.41, 5.74) is 4.51. The van der Waals surface area contributed by atoms with E-state index in [-0.39, 0.29) is 11.9 Å². The van der Waals surface area contributed by atoms with Crippen LogP contribution < -0.4 is 10.6 Å². The number of fused-ring (bicyclic) bond motifs is 1. The van der Waals surface area contributed by atoms with Crippen LogP contribution in [-0.4, -0.2) is 12.5 Å². The third-order valence-corrected chi connectivity index (χ3v) is 3.72. The van der Waals surface area contributed by atoms with Gasteiger partial charge in [-0.15, -0.1) is 0 Å². The molecule has 0 fully saturated rings. The van der Waals surface area contributed by atoms with Crippen molar-refractivity contribution in [3.8, 4) is 0 Å². The number of rotatable bonds is 5. The molecule has 0 saturated carbocycles. The lowest BCUT2D eigenvalue weighted by molar-refractivity contribution is -0.117. The van der Waals surface area contributed by atoms with Crippen LogP contribution in [-0.2, 0) is 4.79 Å². The van der Waals surface area contributed by atoms with Gasteiger partial charge in [-0.2, -0.15) is 0 Å². The Balaban J connectivity index is 2.11. The van der Waals surface area contributed by atoms with E-state index in [9.17, 15) is 4.79 Å². The van der Waals surface area contributed by atoms with Crippen LogP contribution in [0.2, 0.25) is 0 Å². The van der Waals surface area contributed by atoms with E-state index in [1.54, 1.807) is 0 Å². The highest BCUT2D eigenvalue weighted by molar-refractivity contribution is 6.03. The summed E-state index contributed by atoms with van der Waals surface area (Å²) in [7, 11) is 0. The quantitative estimate of drug-likeness (QED) is 0.784. The second kappa shape index (κ2) is 5.53. The molecule has 1 amide bonds. The van der Waals surface area contributed by atoms with Crippen molar-refractivity contribution in [2.24, 2.45) is 0 Å². The average molecular weight is 246 g/mol. The molecule has 1 aliphatic rings. The van der Waals surface area contributed by atoms with Gasteiger partial charge in [0, 0.05) is 11.3 Å². The summed E-state index contributed by atoms with van der Waals surface area (Å²) in [6.07, 6.45) is 3.54. The number of hydrogen-bond donors (Lipinski definition) is 2. The Morgan fingerprint density at radius 2 is 2.06 bits per heavy atom. The Bertz CT molecular complexity index is 454. The van der Waals surface area contributed by atoms with Crippen LogP contribution in [0.4, 0.5) is 5.69 Å². The maximum Gasteiger partial charge on any atom is 0.246 e. The summed E-state index contributed by atoms with van der Waals surface area (Å²) in [5, 5.41) is 6.35. The van der Waals surface area contributed by atoms with Gasteiger partial charge in [0.15, 0.2) is 0 Å². The minimum absolute atomic E-state index is 0.0789. The van der Waals surface area contributed by atoms with Gasteiger partial charge in [-0.05, 0) is 37.9 Å². The van der Waals surface area contributed by atoms with Gasteiger partial charge in [0.1, 0.15) is 6.04 Å². The molecule has 1 unspecified atom stereocenters. The number of amides is 1. The van der Waals surface area contributed by atoms with Gasteiger partial charge in [-0.1, -0.05) is 31.9 Å². The number of hydrogen-bond acceptors (Lipinski definition) is 2. The van der Waals surface area contributed by atoms with Crippen molar-refractivity contribution < 1.29 is 4.79 Å². The normalized spacial score (nSPS) is 17.7. The number of carbonyl (C=O) groups excluding carboxylic acids is 1. The fraction of sp³-hybridized carbons (Fsp3) is 0.533. The number of anilines is 1. The molecule has 3 nitrogen and oxygen atoms in total. The molecule has 2 rings (SSSR count). The van der Waals surface area contributed by atoms with Gasteiger partial charge in [-0.3, -0.25) is 4.79 Å². The zero-order valence-electron chi connectivity index (χ0n) is 11.5. The molecule has 0 spiro atoms. The van der Waals surface area contributed by atoms with Crippen LogP contribution >= 0.6 is 0 Å². The van der Waals surface area contributed by atoms with E-state index >= 15 is 0 Å². The molecule has 0 radical (unpaired) electrons. The summed E-state index contributed by atoms with van der Waals surface area (Å²) in [4.78, 5) is 12.0. The van der Waals surface area contributed by atoms with Crippen molar-refractivity contribution in [1.82, 2.24) is 5.32 Å². The second-order valence-electron chi connectivity index (χ2n) is 5.06. The van der Waals surface area contributed by atoms with E-state index in [1.165, 1.54) is 24.0 Å². The van der Waals surface area contributed by atoms with E-state index in [0.717, 1.165) is 24.2 Å². The standard InChI is InChI=1S/C15H22N2O/c1-4-5-6-9-16-14-12-8-7-10(2)11(3)13(12)17-15(14)18/h7-8,14,16H,4-6,9H2,1-3H3,(H,17,18). The Morgan fingerprint density at radius 3 is 2.78 bits per heavy atom. The Labute approximate surface area is 109 Å². The Kier molecular flexibility index (Phi) is 4.02. The average Bonchev–Trinajstić information content (AvgIpc) is 2.67. The van der Waals surface area contributed by atoms with Crippen LogP contribution in [0.1, 0.15) is 48.9 Å². The number of nitrogens with one attached hydrogen (secondary N) is 2. The first-order valence-electron chi connectivity index (χ1n) is 6.79. The monoisotopic (exact) mass is 246 g/mol. The molecule has 0 aliphatic carbocycles. The van der Waals surface area contributed by atoms with Crippen molar-refractivity contribution in [3.05, 3.63) is 28.8 Å². The largest absolute Gasteiger partial charge is 0.324 e. The van der Waals surface area contributed by atoms with E-state index < -0.39 is 0 Å². The maximum atomic E-state index is 12.0. The molecule has 3 heteroatoms. The third-order valence-electron chi connectivity index (χ3n) is 3.72. The summed E-state index contributed by atoms with van der Waals surface area (Å²) >= 11 is 0. The number of unbranched alkanes of at least 4 members (excludes halogenated alkanes) is 2. The first-order valence-corrected chi connectivity index (χ1v) is 6.79. The van der Waals surface area contributed by atoms with Crippen LogP contribution in [0, 0.1) is 13.8 Å². The maximum absolute atomic E-state index is 12.0. The topological polar surface area (TPSA) is 41.1 Å². The molecule has 0 saturated heterocycles. The molecule has 98 valence electrons. The predicted octanol–water partition coefficient (Wildman–Crippen LogP) is 3.08. The van der Waals surface area contributed by atoms with E-state index in [1.807, 2.05) is 0 Å². The minimum Gasteiger partial charge on any atom is -0.324 e. The van der Waals surface area contributed by atoms with Gasteiger partial charge in [-0.25, -0.2) is 0 Å². The number of carbonyl (C=O) groups is 1. The first-order chi connectivity index (χ1) is 8.65. The van der Waals surface area contributed by atoms with Crippen LogP contribution in [0.25, 0.3) is 0 Å². The fourth-order valence-electron chi connectivity index (χ4n) is 2.40. The van der Waals surface area contributed by atoms with Gasteiger partial charge in [0.05, 0.1) is 0 Å². The molecular formula is C15H22N2O. The van der Waals surface area contributed by atoms with Gasteiger partial charge in [0.25, 0.3) is 0 Å². The van der Waals surface area contributed by atoms with Crippen molar-refractivity contribution in [1.29, 1.82) is 0 Å². The smallest absolute Gasteiger partial charge is 0.246 e. The molecule has 1 aromatic rings. The molecule has 1 aliphatic heterocycles. The van der Waals surface area contributed by atoms with Crippen LogP contribution in [0.15, 0.2) is 12.1 Å². The fourth-order valence-corrected chi connectivity index (χ4v) is 2.40. The molecule has 0 aromatic heterocycles. The molecule has 1 atom stereocenters. The van der Waals surface area contributed by atoms with E-state index in [0.29, 0.717) is 0 Å². The van der Waals surface area contributed by atoms with Crippen molar-refractivity contribution >= 4 is 11.6 Å². The minimum atomic E-state index is -0.170. The highest BCUT2D eigenvalue weighted by Crippen LogP contribution is 2.34. The molecule has 1 heterocycles. The summed E-state index contributed by atoms with van der Waals surface area (Å²) in [6, 6.07) is 3.98. The second-order valence-corrected chi connectivity index (χ2v) is 5.06. The first kappa shape index (κ1) is 13.1. The molecule has 1 aromatic carbocycles. The van der Waals surface area contributed by atoms with Gasteiger partial charge >= 0.3 is 0 Å². The molecular weight excluding hydrogens is 224 g/mol. The van der Waals surface area contributed by atoms with Crippen molar-refractivity contribution in [2.75, 3.05) is 11.9 Å². The summed E-state index contributed by atoms with van der Waals surface area (Å²) in [6.45, 7) is 7.22. The zero-order valence-corrected chi connectivity index (χ0v) is 11.5. The van der Waals surface area contributed by atoms with Crippen LogP contribution in [0.5, 0.6) is 0 Å². The van der Waals surface area contributed by atoms with Crippen molar-refractivity contribution in [3.63, 3.8) is 0 Å². The van der Waals surface area contributed by atoms with E-state index in [2.05, 4.69) is 43.5 Å². The lowest BCUT2D eigenvalue weighted by Gasteiger charge is -2.12. The molecule has 0 bridgehead atoms. The number of aryl methyl sites for hydroxylation is 1. The molecule has 18 heavy (non-hydrogen) atoms. The van der Waals surface area contributed by atoms with Gasteiger partial charge < -0.3 is 10.6 Å². The number of benzene rings is 1. The highest BCUT2D eigenvalue weighted by atomic mass is 16.2. The summed E-state index contributed by atoms with van der Waals surface area (Å²) in [5.74, 6) is 0.0789. The Morgan fingerprint density at radius 1 is 1.28 bits per heavy atom. The lowest BCUT2D eigenvalue weighted by Crippen LogP contribution is -2.28. The van der Waals surface area contributed by atoms with Crippen molar-refractivity contribution in [2.45, 2.75) is 46.1 Å². The highest BCUT2D eigenvalue weighted by Gasteiger charge is 2.31. The SMILES string of the molecule is CCCCCNC1C(=O)Nc2c1ccc(C)c2C. The molecule has 2 N–H and O–H groups in total. The lowest BCUT2D eigenvalue weighted by atomic mass is 10.0. The zero-order chi connectivity index (χ0) is 13.1. The third kappa shape index (κ3) is 2.41. The van der Waals surface area contributed by atoms with Crippen LogP contribution in [0.3, 0.4) is 0 Å².